The van der Waals surface area contributed by atoms with Crippen molar-refractivity contribution >= 4 is 11.7 Å². The maximum absolute atomic E-state index is 10.6. The molecule has 2 fully saturated rings. The largest absolute Gasteiger partial charge is 0.490 e. The number of oxime groups is 1. The van der Waals surface area contributed by atoms with Gasteiger partial charge in [-0.15, -0.1) is 0 Å². The Morgan fingerprint density at radius 2 is 2.06 bits per heavy atom. The lowest BCUT2D eigenvalue weighted by molar-refractivity contribution is -0.192. The Balaban J connectivity index is 0.000000185. The average molecular weight is 254 g/mol. The molecular weight excluding hydrogens is 241 g/mol. The lowest BCUT2D eigenvalue weighted by Gasteiger charge is -2.02. The molecule has 1 saturated heterocycles. The Morgan fingerprint density at radius 1 is 1.53 bits per heavy atom. The van der Waals surface area contributed by atoms with Crippen molar-refractivity contribution in [1.82, 2.24) is 5.32 Å². The highest BCUT2D eigenvalue weighted by atomic mass is 19.4. The molecule has 1 spiro atoms. The van der Waals surface area contributed by atoms with Gasteiger partial charge in [-0.1, -0.05) is 5.16 Å². The summed E-state index contributed by atoms with van der Waals surface area (Å²) >= 11 is 0. The molecule has 1 saturated carbocycles. The third kappa shape index (κ3) is 3.58. The molecule has 2 aliphatic rings. The normalized spacial score (nSPS) is 23.2. The van der Waals surface area contributed by atoms with E-state index in [1.54, 1.807) is 7.11 Å². The maximum Gasteiger partial charge on any atom is 0.490 e. The van der Waals surface area contributed by atoms with Gasteiger partial charge in [0, 0.05) is 18.5 Å². The molecule has 0 amide bonds. The van der Waals surface area contributed by atoms with Gasteiger partial charge in [-0.25, -0.2) is 4.79 Å². The highest BCUT2D eigenvalue weighted by molar-refractivity contribution is 5.95. The number of hydrogen-bond donors (Lipinski definition) is 2. The van der Waals surface area contributed by atoms with E-state index in [9.17, 15) is 13.2 Å². The Bertz CT molecular complexity index is 324. The molecule has 2 rings (SSSR count). The standard InChI is InChI=1S/C7H12N2O.C2HF3O2/c1-10-9-6-4-8-5-7(6)2-3-7;3-2(4,5)1(6)7/h8H,2-5H2,1H3;(H,6,7). The third-order valence-electron chi connectivity index (χ3n) is 2.67. The van der Waals surface area contributed by atoms with E-state index in [4.69, 9.17) is 14.7 Å². The highest BCUT2D eigenvalue weighted by Gasteiger charge is 2.50. The zero-order valence-electron chi connectivity index (χ0n) is 9.17. The molecule has 0 aromatic rings. The second-order valence-corrected chi connectivity index (χ2v) is 3.91. The molecule has 17 heavy (non-hydrogen) atoms. The molecule has 2 N–H and O–H groups in total. The molecule has 0 aromatic heterocycles. The van der Waals surface area contributed by atoms with Crippen LogP contribution in [0.1, 0.15) is 12.8 Å². The van der Waals surface area contributed by atoms with Crippen molar-refractivity contribution in [3.63, 3.8) is 0 Å². The summed E-state index contributed by atoms with van der Waals surface area (Å²) < 4.78 is 31.7. The van der Waals surface area contributed by atoms with Gasteiger partial charge in [-0.3, -0.25) is 0 Å². The van der Waals surface area contributed by atoms with E-state index in [0.29, 0.717) is 5.41 Å². The molecule has 5 nitrogen and oxygen atoms in total. The van der Waals surface area contributed by atoms with E-state index < -0.39 is 12.1 Å². The van der Waals surface area contributed by atoms with Gasteiger partial charge in [0.25, 0.3) is 0 Å². The van der Waals surface area contributed by atoms with E-state index in [0.717, 1.165) is 13.1 Å². The van der Waals surface area contributed by atoms with Crippen molar-refractivity contribution in [2.24, 2.45) is 10.6 Å². The topological polar surface area (TPSA) is 70.9 Å². The van der Waals surface area contributed by atoms with Crippen LogP contribution in [0, 0.1) is 5.41 Å². The molecule has 0 atom stereocenters. The lowest BCUT2D eigenvalue weighted by Crippen LogP contribution is -2.21. The number of nitrogens with one attached hydrogen (secondary N) is 1. The van der Waals surface area contributed by atoms with Gasteiger partial charge in [0.15, 0.2) is 0 Å². The van der Waals surface area contributed by atoms with Crippen LogP contribution in [0.25, 0.3) is 0 Å². The summed E-state index contributed by atoms with van der Waals surface area (Å²) in [5.41, 5.74) is 1.64. The van der Waals surface area contributed by atoms with Crippen molar-refractivity contribution in [1.29, 1.82) is 0 Å². The minimum Gasteiger partial charge on any atom is -0.475 e. The fraction of sp³-hybridized carbons (Fsp3) is 0.778. The Kier molecular flexibility index (Phi) is 3.97. The summed E-state index contributed by atoms with van der Waals surface area (Å²) in [6, 6.07) is 0. The first kappa shape index (κ1) is 13.8. The first-order valence-corrected chi connectivity index (χ1v) is 4.93. The summed E-state index contributed by atoms with van der Waals surface area (Å²) in [6.45, 7) is 2.03. The fourth-order valence-corrected chi connectivity index (χ4v) is 1.57. The van der Waals surface area contributed by atoms with Crippen LogP contribution in [0.5, 0.6) is 0 Å². The predicted molar refractivity (Wildman–Crippen MR) is 52.7 cm³/mol. The van der Waals surface area contributed by atoms with Gasteiger partial charge < -0.3 is 15.3 Å². The van der Waals surface area contributed by atoms with Gasteiger partial charge in [0.05, 0.1) is 5.71 Å². The van der Waals surface area contributed by atoms with E-state index in [1.165, 1.54) is 18.6 Å². The number of nitrogens with zero attached hydrogens (tertiary/aromatic N) is 1. The molecule has 1 aliphatic heterocycles. The van der Waals surface area contributed by atoms with Gasteiger partial charge in [0.1, 0.15) is 7.11 Å². The van der Waals surface area contributed by atoms with Crippen molar-refractivity contribution in [3.05, 3.63) is 0 Å². The molecule has 0 radical (unpaired) electrons. The van der Waals surface area contributed by atoms with Crippen LogP contribution in [-0.2, 0) is 9.63 Å². The van der Waals surface area contributed by atoms with Crippen molar-refractivity contribution in [2.75, 3.05) is 20.2 Å². The minimum atomic E-state index is -5.08. The summed E-state index contributed by atoms with van der Waals surface area (Å²) in [5, 5.41) is 14.4. The Labute approximate surface area is 95.6 Å². The van der Waals surface area contributed by atoms with Crippen LogP contribution in [0.15, 0.2) is 5.16 Å². The van der Waals surface area contributed by atoms with Crippen molar-refractivity contribution in [3.8, 4) is 0 Å². The van der Waals surface area contributed by atoms with Crippen LogP contribution in [0.2, 0.25) is 0 Å². The molecule has 0 aromatic carbocycles. The number of halogens is 3. The lowest BCUT2D eigenvalue weighted by atomic mass is 10.1. The predicted octanol–water partition coefficient (Wildman–Crippen LogP) is 1.01. The van der Waals surface area contributed by atoms with Crippen molar-refractivity contribution in [2.45, 2.75) is 19.0 Å². The van der Waals surface area contributed by atoms with Crippen LogP contribution < -0.4 is 5.32 Å². The number of rotatable bonds is 1. The Hall–Kier alpha value is -1.31. The van der Waals surface area contributed by atoms with Crippen LogP contribution in [0.4, 0.5) is 13.2 Å². The van der Waals surface area contributed by atoms with Gasteiger partial charge in [-0.2, -0.15) is 13.2 Å². The van der Waals surface area contributed by atoms with Gasteiger partial charge in [0.2, 0.25) is 0 Å². The van der Waals surface area contributed by atoms with Crippen molar-refractivity contribution < 1.29 is 27.9 Å². The first-order chi connectivity index (χ1) is 7.82. The highest BCUT2D eigenvalue weighted by Crippen LogP contribution is 2.48. The van der Waals surface area contributed by atoms with E-state index in [1.807, 2.05) is 0 Å². The van der Waals surface area contributed by atoms with E-state index in [2.05, 4.69) is 10.5 Å². The van der Waals surface area contributed by atoms with Crippen LogP contribution >= 0.6 is 0 Å². The summed E-state index contributed by atoms with van der Waals surface area (Å²) in [4.78, 5) is 13.6. The fourth-order valence-electron chi connectivity index (χ4n) is 1.57. The SMILES string of the molecule is CON=C1CNCC12CC2.O=C(O)C(F)(F)F. The number of carbonyl (C=O) groups is 1. The molecule has 0 bridgehead atoms. The maximum atomic E-state index is 10.6. The Morgan fingerprint density at radius 3 is 2.41 bits per heavy atom. The third-order valence-corrected chi connectivity index (χ3v) is 2.67. The monoisotopic (exact) mass is 254 g/mol. The van der Waals surface area contributed by atoms with Crippen LogP contribution in [0.3, 0.4) is 0 Å². The zero-order chi connectivity index (χ0) is 13.1. The molecule has 0 unspecified atom stereocenters. The molecular formula is C9H13F3N2O3. The summed E-state index contributed by atoms with van der Waals surface area (Å²) in [7, 11) is 1.61. The number of carboxylic acid groups (broad SMARTS) is 1. The smallest absolute Gasteiger partial charge is 0.475 e. The number of aliphatic carboxylic acids is 1. The molecule has 98 valence electrons. The van der Waals surface area contributed by atoms with Gasteiger partial charge in [-0.05, 0) is 12.8 Å². The second kappa shape index (κ2) is 4.91. The number of carboxylic acids is 1. The minimum absolute atomic E-state index is 0.427. The average Bonchev–Trinajstić information content (AvgIpc) is 2.86. The quantitative estimate of drug-likeness (QED) is 0.685. The molecule has 1 aliphatic carbocycles. The number of hydrogen-bond acceptors (Lipinski definition) is 4. The van der Waals surface area contributed by atoms with Gasteiger partial charge >= 0.3 is 12.1 Å². The molecule has 8 heteroatoms. The van der Waals surface area contributed by atoms with Crippen LogP contribution in [-0.4, -0.2) is 43.2 Å². The summed E-state index contributed by atoms with van der Waals surface area (Å²) in [6.07, 6.45) is -2.50. The number of alkyl halides is 3. The first-order valence-electron chi connectivity index (χ1n) is 4.93. The summed E-state index contributed by atoms with van der Waals surface area (Å²) in [5.74, 6) is -2.76. The van der Waals surface area contributed by atoms with E-state index >= 15 is 0 Å². The zero-order valence-corrected chi connectivity index (χ0v) is 9.17. The molecule has 1 heterocycles. The second-order valence-electron chi connectivity index (χ2n) is 3.91. The van der Waals surface area contributed by atoms with E-state index in [-0.39, 0.29) is 0 Å².